The number of benzene rings is 4. The second kappa shape index (κ2) is 9.19. The highest BCUT2D eigenvalue weighted by molar-refractivity contribution is 9.10. The van der Waals surface area contributed by atoms with Crippen molar-refractivity contribution in [3.05, 3.63) is 118 Å². The van der Waals surface area contributed by atoms with Gasteiger partial charge in [0.25, 0.3) is 0 Å². The fraction of sp³-hybridized carbons (Fsp3) is 0. The van der Waals surface area contributed by atoms with E-state index in [0.717, 1.165) is 42.4 Å². The Labute approximate surface area is 203 Å². The summed E-state index contributed by atoms with van der Waals surface area (Å²) < 4.78 is 2.11. The molecular weight excluding hydrogens is 524 g/mol. The third-order valence-corrected chi connectivity index (χ3v) is 6.27. The highest BCUT2D eigenvalue weighted by atomic mass is 79.9. The minimum Gasteiger partial charge on any atom is -0.256 e. The summed E-state index contributed by atoms with van der Waals surface area (Å²) in [5.41, 5.74) is 7.30. The Morgan fingerprint density at radius 2 is 1.38 bits per heavy atom. The molecular formula is C28H18Br2N2. The van der Waals surface area contributed by atoms with Crippen molar-refractivity contribution in [1.29, 1.82) is 0 Å². The molecule has 0 amide bonds. The fourth-order valence-electron chi connectivity index (χ4n) is 3.62. The Morgan fingerprint density at radius 1 is 0.656 bits per heavy atom. The molecule has 4 aromatic carbocycles. The normalized spacial score (nSPS) is 11.3. The first-order chi connectivity index (χ1) is 15.7. The van der Waals surface area contributed by atoms with Gasteiger partial charge in [0.05, 0.1) is 16.9 Å². The smallest absolute Gasteiger partial charge is 0.0716 e. The van der Waals surface area contributed by atoms with E-state index >= 15 is 0 Å². The molecule has 0 aliphatic rings. The number of nitrogens with zero attached hydrogens (tertiary/aromatic N) is 2. The van der Waals surface area contributed by atoms with Gasteiger partial charge in [-0.25, -0.2) is 4.98 Å². The fourth-order valence-corrected chi connectivity index (χ4v) is 4.24. The van der Waals surface area contributed by atoms with Gasteiger partial charge in [-0.3, -0.25) is 4.99 Å². The van der Waals surface area contributed by atoms with Gasteiger partial charge in [-0.05, 0) is 65.2 Å². The average molecular weight is 542 g/mol. The predicted octanol–water partition coefficient (Wildman–Crippen LogP) is 8.84. The lowest BCUT2D eigenvalue weighted by atomic mass is 9.98. The van der Waals surface area contributed by atoms with E-state index in [-0.39, 0.29) is 0 Å². The third kappa shape index (κ3) is 4.57. The van der Waals surface area contributed by atoms with E-state index in [0.29, 0.717) is 0 Å². The molecule has 0 radical (unpaired) electrons. The van der Waals surface area contributed by atoms with Crippen molar-refractivity contribution in [3.63, 3.8) is 0 Å². The van der Waals surface area contributed by atoms with Crippen molar-refractivity contribution >= 4 is 54.7 Å². The Hall–Kier alpha value is -3.08. The summed E-state index contributed by atoms with van der Waals surface area (Å²) >= 11 is 7.06. The van der Waals surface area contributed by atoms with Crippen LogP contribution in [-0.4, -0.2) is 11.2 Å². The van der Waals surface area contributed by atoms with Crippen LogP contribution in [0.2, 0.25) is 0 Å². The lowest BCUT2D eigenvalue weighted by Gasteiger charge is -2.11. The topological polar surface area (TPSA) is 25.2 Å². The van der Waals surface area contributed by atoms with Crippen LogP contribution in [0.15, 0.2) is 117 Å². The second-order valence-corrected chi connectivity index (χ2v) is 9.27. The van der Waals surface area contributed by atoms with Crippen LogP contribution in [-0.2, 0) is 0 Å². The number of fused-ring (bicyclic) bond motifs is 1. The molecule has 0 saturated heterocycles. The number of aliphatic imine (C=N–C) groups is 1. The molecule has 0 N–H and O–H groups in total. The van der Waals surface area contributed by atoms with E-state index < -0.39 is 0 Å². The number of halogens is 2. The Kier molecular flexibility index (Phi) is 5.97. The van der Waals surface area contributed by atoms with E-state index in [9.17, 15) is 0 Å². The molecule has 0 atom stereocenters. The van der Waals surface area contributed by atoms with Crippen LogP contribution in [0, 0.1) is 0 Å². The number of rotatable bonds is 4. The minimum atomic E-state index is 0.907. The van der Waals surface area contributed by atoms with Gasteiger partial charge < -0.3 is 0 Å². The summed E-state index contributed by atoms with van der Waals surface area (Å²) in [5.74, 6) is 0. The van der Waals surface area contributed by atoms with Crippen LogP contribution in [0.4, 0.5) is 5.69 Å². The van der Waals surface area contributed by atoms with Crippen molar-refractivity contribution in [2.24, 2.45) is 4.99 Å². The number of hydrogen-bond acceptors (Lipinski definition) is 2. The van der Waals surface area contributed by atoms with Crippen LogP contribution < -0.4 is 0 Å². The molecule has 2 nitrogen and oxygen atoms in total. The van der Waals surface area contributed by atoms with E-state index in [4.69, 9.17) is 4.98 Å². The summed E-state index contributed by atoms with van der Waals surface area (Å²) in [6.07, 6.45) is 1.88. The molecule has 0 saturated carbocycles. The number of hydrogen-bond donors (Lipinski definition) is 0. The van der Waals surface area contributed by atoms with Gasteiger partial charge in [0, 0.05) is 26.1 Å². The third-order valence-electron chi connectivity index (χ3n) is 5.25. The molecule has 0 spiro atoms. The molecule has 32 heavy (non-hydrogen) atoms. The lowest BCUT2D eigenvalue weighted by molar-refractivity contribution is 1.39. The SMILES string of the molecule is Brc1ccc(C=Nc2ccc(-c3cc(-c4ccccc4)c4cc(Br)ccc4n3)cc2)cc1. The number of pyridine rings is 1. The number of aromatic nitrogens is 1. The maximum atomic E-state index is 4.94. The second-order valence-electron chi connectivity index (χ2n) is 7.44. The molecule has 1 heterocycles. The van der Waals surface area contributed by atoms with Crippen molar-refractivity contribution in [2.45, 2.75) is 0 Å². The first-order valence-electron chi connectivity index (χ1n) is 10.2. The highest BCUT2D eigenvalue weighted by Gasteiger charge is 2.10. The summed E-state index contributed by atoms with van der Waals surface area (Å²) in [4.78, 5) is 9.54. The molecule has 5 aromatic rings. The summed E-state index contributed by atoms with van der Waals surface area (Å²) in [6.45, 7) is 0. The first-order valence-corrected chi connectivity index (χ1v) is 11.8. The van der Waals surface area contributed by atoms with Gasteiger partial charge in [0.2, 0.25) is 0 Å². The van der Waals surface area contributed by atoms with E-state index in [1.54, 1.807) is 0 Å². The van der Waals surface area contributed by atoms with Crippen molar-refractivity contribution in [1.82, 2.24) is 4.98 Å². The van der Waals surface area contributed by atoms with Crippen LogP contribution >= 0.6 is 31.9 Å². The Morgan fingerprint density at radius 3 is 2.12 bits per heavy atom. The predicted molar refractivity (Wildman–Crippen MR) is 142 cm³/mol. The zero-order chi connectivity index (χ0) is 21.9. The van der Waals surface area contributed by atoms with Crippen LogP contribution in [0.5, 0.6) is 0 Å². The van der Waals surface area contributed by atoms with E-state index in [1.165, 1.54) is 11.1 Å². The Balaban J connectivity index is 1.52. The van der Waals surface area contributed by atoms with Gasteiger partial charge in [-0.1, -0.05) is 86.5 Å². The molecule has 0 fully saturated rings. The van der Waals surface area contributed by atoms with Crippen molar-refractivity contribution < 1.29 is 0 Å². The molecule has 1 aromatic heterocycles. The quantitative estimate of drug-likeness (QED) is 0.208. The van der Waals surface area contributed by atoms with Crippen LogP contribution in [0.3, 0.4) is 0 Å². The first kappa shape index (κ1) is 20.8. The van der Waals surface area contributed by atoms with Crippen LogP contribution in [0.25, 0.3) is 33.3 Å². The highest BCUT2D eigenvalue weighted by Crippen LogP contribution is 2.34. The largest absolute Gasteiger partial charge is 0.256 e. The molecule has 5 rings (SSSR count). The average Bonchev–Trinajstić information content (AvgIpc) is 2.84. The van der Waals surface area contributed by atoms with Gasteiger partial charge in [0.1, 0.15) is 0 Å². The van der Waals surface area contributed by atoms with Gasteiger partial charge in [-0.2, -0.15) is 0 Å². The van der Waals surface area contributed by atoms with Crippen LogP contribution in [0.1, 0.15) is 5.56 Å². The zero-order valence-electron chi connectivity index (χ0n) is 17.0. The molecule has 0 unspecified atom stereocenters. The molecule has 0 bridgehead atoms. The van der Waals surface area contributed by atoms with Gasteiger partial charge >= 0.3 is 0 Å². The molecule has 0 aliphatic heterocycles. The molecule has 154 valence electrons. The van der Waals surface area contributed by atoms with Crippen molar-refractivity contribution in [2.75, 3.05) is 0 Å². The molecule has 0 aliphatic carbocycles. The van der Waals surface area contributed by atoms with Gasteiger partial charge in [-0.15, -0.1) is 0 Å². The Bertz CT molecular complexity index is 1410. The molecule has 4 heteroatoms. The summed E-state index contributed by atoms with van der Waals surface area (Å²) in [7, 11) is 0. The maximum absolute atomic E-state index is 4.94. The zero-order valence-corrected chi connectivity index (χ0v) is 20.2. The standard InChI is InChI=1S/C28H18Br2N2/c29-22-10-6-19(7-11-22)18-31-24-13-8-21(9-14-24)28-17-25(20-4-2-1-3-5-20)26-16-23(30)12-15-27(26)32-28/h1-18H. The lowest BCUT2D eigenvalue weighted by Crippen LogP contribution is -1.90. The minimum absolute atomic E-state index is 0.907. The monoisotopic (exact) mass is 540 g/mol. The van der Waals surface area contributed by atoms with Gasteiger partial charge in [0.15, 0.2) is 0 Å². The van der Waals surface area contributed by atoms with Crippen molar-refractivity contribution in [3.8, 4) is 22.4 Å². The summed E-state index contributed by atoms with van der Waals surface area (Å²) in [6, 6.07) is 35.2. The van der Waals surface area contributed by atoms with E-state index in [2.05, 4.69) is 91.4 Å². The maximum Gasteiger partial charge on any atom is 0.0716 e. The summed E-state index contributed by atoms with van der Waals surface area (Å²) in [5, 5.41) is 1.13. The van der Waals surface area contributed by atoms with E-state index in [1.807, 2.05) is 54.7 Å².